The molecule has 46 heavy (non-hydrogen) atoms. The van der Waals surface area contributed by atoms with Gasteiger partial charge < -0.3 is 34.3 Å². The molecule has 4 rings (SSSR count). The molecule has 0 heterocycles. The molecule has 0 aliphatic rings. The van der Waals surface area contributed by atoms with Crippen LogP contribution in [0.4, 0.5) is 14.9 Å². The van der Waals surface area contributed by atoms with Gasteiger partial charge in [-0.05, 0) is 98.1 Å². The Morgan fingerprint density at radius 3 is 2.02 bits per heavy atom. The van der Waals surface area contributed by atoms with Crippen molar-refractivity contribution >= 4 is 17.7 Å². The van der Waals surface area contributed by atoms with Crippen molar-refractivity contribution in [3.05, 3.63) is 115 Å². The molecular formula is C36H39FN2O7. The second-order valence-corrected chi connectivity index (χ2v) is 10.3. The van der Waals surface area contributed by atoms with Gasteiger partial charge in [0.1, 0.15) is 35.4 Å². The minimum atomic E-state index is -1.00. The number of carboxylic acids is 1. The maximum atomic E-state index is 13.3. The lowest BCUT2D eigenvalue weighted by atomic mass is 10.1. The highest BCUT2D eigenvalue weighted by atomic mass is 19.1. The molecule has 4 aromatic carbocycles. The first-order chi connectivity index (χ1) is 22.4. The minimum absolute atomic E-state index is 0.249. The molecule has 242 valence electrons. The highest BCUT2D eigenvalue weighted by Gasteiger charge is 2.18. The summed E-state index contributed by atoms with van der Waals surface area (Å²) in [4.78, 5) is 26.4. The number of nitrogens with zero attached hydrogens (tertiary/aromatic N) is 1. The standard InChI is InChI=1S/C36H39FN2O7/c1-2-43-34(35(40)41)26-27-10-16-30(17-11-27)45-25-23-39(22-6-7-24-44-31-18-12-28(37)13-19-31)36(42)38-29-14-20-33(21-15-29)46-32-8-4-3-5-9-32/h3-5,8-21,34H,2,6-7,22-26H2,1H3,(H,38,42)(H,40,41). The van der Waals surface area contributed by atoms with Gasteiger partial charge in [-0.2, -0.15) is 0 Å². The minimum Gasteiger partial charge on any atom is -0.494 e. The Hall–Kier alpha value is -5.09. The maximum Gasteiger partial charge on any atom is 0.333 e. The molecule has 9 nitrogen and oxygen atoms in total. The number of ether oxygens (including phenoxy) is 4. The predicted octanol–water partition coefficient (Wildman–Crippen LogP) is 7.42. The maximum absolute atomic E-state index is 13.3. The Labute approximate surface area is 268 Å². The van der Waals surface area contributed by atoms with E-state index in [1.165, 1.54) is 12.1 Å². The fourth-order valence-corrected chi connectivity index (χ4v) is 4.50. The lowest BCUT2D eigenvalue weighted by Gasteiger charge is -2.23. The van der Waals surface area contributed by atoms with Gasteiger partial charge in [0.2, 0.25) is 0 Å². The van der Waals surface area contributed by atoms with E-state index < -0.39 is 12.1 Å². The molecule has 10 heteroatoms. The summed E-state index contributed by atoms with van der Waals surface area (Å²) >= 11 is 0. The van der Waals surface area contributed by atoms with Crippen LogP contribution in [0.5, 0.6) is 23.0 Å². The van der Waals surface area contributed by atoms with E-state index in [2.05, 4.69) is 5.32 Å². The molecule has 4 aromatic rings. The molecule has 1 atom stereocenters. The van der Waals surface area contributed by atoms with E-state index in [9.17, 15) is 19.1 Å². The Balaban J connectivity index is 1.30. The molecule has 0 bridgehead atoms. The van der Waals surface area contributed by atoms with E-state index in [0.717, 1.165) is 11.3 Å². The van der Waals surface area contributed by atoms with Gasteiger partial charge in [0.15, 0.2) is 6.10 Å². The van der Waals surface area contributed by atoms with E-state index in [1.807, 2.05) is 30.3 Å². The van der Waals surface area contributed by atoms with Gasteiger partial charge in [-0.1, -0.05) is 30.3 Å². The van der Waals surface area contributed by atoms with E-state index in [-0.39, 0.29) is 24.9 Å². The quantitative estimate of drug-likeness (QED) is 0.110. The molecule has 2 amide bonds. The van der Waals surface area contributed by atoms with Crippen LogP contribution in [0.1, 0.15) is 25.3 Å². The van der Waals surface area contributed by atoms with Crippen LogP contribution in [0, 0.1) is 5.82 Å². The van der Waals surface area contributed by atoms with Gasteiger partial charge in [0, 0.05) is 25.3 Å². The molecule has 0 radical (unpaired) electrons. The third-order valence-electron chi connectivity index (χ3n) is 6.89. The Morgan fingerprint density at radius 1 is 0.761 bits per heavy atom. The number of halogens is 1. The monoisotopic (exact) mass is 630 g/mol. The fourth-order valence-electron chi connectivity index (χ4n) is 4.50. The van der Waals surface area contributed by atoms with E-state index in [0.29, 0.717) is 62.1 Å². The molecule has 0 spiro atoms. The Kier molecular flexibility index (Phi) is 13.2. The van der Waals surface area contributed by atoms with Gasteiger partial charge in [0.05, 0.1) is 13.2 Å². The molecule has 2 N–H and O–H groups in total. The van der Waals surface area contributed by atoms with Crippen molar-refractivity contribution in [2.45, 2.75) is 32.3 Å². The third kappa shape index (κ3) is 11.4. The van der Waals surface area contributed by atoms with Crippen molar-refractivity contribution in [1.82, 2.24) is 4.90 Å². The van der Waals surface area contributed by atoms with E-state index in [4.69, 9.17) is 18.9 Å². The first-order valence-electron chi connectivity index (χ1n) is 15.2. The van der Waals surface area contributed by atoms with Crippen LogP contribution in [-0.2, 0) is 16.0 Å². The second kappa shape index (κ2) is 18.0. The van der Waals surface area contributed by atoms with E-state index >= 15 is 0 Å². The number of aliphatic carboxylic acids is 1. The number of rotatable bonds is 18. The first kappa shape index (κ1) is 33.8. The van der Waals surface area contributed by atoms with Gasteiger partial charge in [0.25, 0.3) is 0 Å². The molecule has 1 unspecified atom stereocenters. The molecule has 0 aliphatic heterocycles. The van der Waals surface area contributed by atoms with Crippen LogP contribution < -0.4 is 19.5 Å². The lowest BCUT2D eigenvalue weighted by Crippen LogP contribution is -2.38. The van der Waals surface area contributed by atoms with Crippen molar-refractivity contribution < 1.29 is 38.0 Å². The second-order valence-electron chi connectivity index (χ2n) is 10.3. The highest BCUT2D eigenvalue weighted by molar-refractivity contribution is 5.89. The Bertz CT molecular complexity index is 1480. The molecule has 0 saturated heterocycles. The number of nitrogens with one attached hydrogen (secondary N) is 1. The van der Waals surface area contributed by atoms with Gasteiger partial charge in [-0.25, -0.2) is 14.0 Å². The van der Waals surface area contributed by atoms with Crippen LogP contribution in [0.2, 0.25) is 0 Å². The van der Waals surface area contributed by atoms with Gasteiger partial charge >= 0.3 is 12.0 Å². The summed E-state index contributed by atoms with van der Waals surface area (Å²) in [6.45, 7) is 3.54. The summed E-state index contributed by atoms with van der Waals surface area (Å²) in [5.41, 5.74) is 1.44. The number of hydrogen-bond acceptors (Lipinski definition) is 6. The number of carbonyl (C=O) groups is 2. The fraction of sp³-hybridized carbons (Fsp3) is 0.278. The number of para-hydroxylation sites is 1. The van der Waals surface area contributed by atoms with Crippen LogP contribution in [0.15, 0.2) is 103 Å². The normalized spacial score (nSPS) is 11.3. The summed E-state index contributed by atoms with van der Waals surface area (Å²) in [6.07, 6.45) is 0.713. The van der Waals surface area contributed by atoms with Crippen molar-refractivity contribution in [1.29, 1.82) is 0 Å². The molecule has 0 aliphatic carbocycles. The van der Waals surface area contributed by atoms with Crippen LogP contribution in [0.3, 0.4) is 0 Å². The van der Waals surface area contributed by atoms with Crippen molar-refractivity contribution in [2.75, 3.05) is 38.2 Å². The number of benzene rings is 4. The van der Waals surface area contributed by atoms with Gasteiger partial charge in [-0.3, -0.25) is 0 Å². The number of hydrogen-bond donors (Lipinski definition) is 2. The van der Waals surface area contributed by atoms with Crippen molar-refractivity contribution in [3.8, 4) is 23.0 Å². The average Bonchev–Trinajstić information content (AvgIpc) is 3.06. The number of carboxylic acid groups (broad SMARTS) is 1. The van der Waals surface area contributed by atoms with Gasteiger partial charge in [-0.15, -0.1) is 0 Å². The number of anilines is 1. The van der Waals surface area contributed by atoms with Crippen molar-refractivity contribution in [2.24, 2.45) is 0 Å². The summed E-state index contributed by atoms with van der Waals surface area (Å²) < 4.78 is 35.9. The summed E-state index contributed by atoms with van der Waals surface area (Å²) in [6, 6.07) is 29.3. The van der Waals surface area contributed by atoms with Crippen LogP contribution in [0.25, 0.3) is 0 Å². The average molecular weight is 631 g/mol. The zero-order valence-electron chi connectivity index (χ0n) is 25.8. The topological polar surface area (TPSA) is 107 Å². The number of amides is 2. The molecule has 0 saturated carbocycles. The lowest BCUT2D eigenvalue weighted by molar-refractivity contribution is -0.149. The molecular weight excluding hydrogens is 591 g/mol. The summed E-state index contributed by atoms with van der Waals surface area (Å²) in [5, 5.41) is 12.3. The van der Waals surface area contributed by atoms with Crippen molar-refractivity contribution in [3.63, 3.8) is 0 Å². The van der Waals surface area contributed by atoms with Crippen LogP contribution >= 0.6 is 0 Å². The third-order valence-corrected chi connectivity index (χ3v) is 6.89. The predicted molar refractivity (Wildman–Crippen MR) is 173 cm³/mol. The largest absolute Gasteiger partial charge is 0.494 e. The summed E-state index contributed by atoms with van der Waals surface area (Å²) in [5.74, 6) is 1.25. The van der Waals surface area contributed by atoms with E-state index in [1.54, 1.807) is 72.5 Å². The zero-order chi connectivity index (χ0) is 32.6. The number of unbranched alkanes of at least 4 members (excludes halogenated alkanes) is 1. The Morgan fingerprint density at radius 2 is 1.37 bits per heavy atom. The number of urea groups is 1. The molecule has 0 fully saturated rings. The molecule has 0 aromatic heterocycles. The highest BCUT2D eigenvalue weighted by Crippen LogP contribution is 2.23. The first-order valence-corrected chi connectivity index (χ1v) is 15.2. The van der Waals surface area contributed by atoms with Crippen LogP contribution in [-0.4, -0.2) is 61.0 Å². The number of carbonyl (C=O) groups excluding carboxylic acids is 1. The zero-order valence-corrected chi connectivity index (χ0v) is 25.8. The SMILES string of the molecule is CCOC(Cc1ccc(OCCN(CCCCOc2ccc(F)cc2)C(=O)Nc2ccc(Oc3ccccc3)cc2)cc1)C(=O)O. The smallest absolute Gasteiger partial charge is 0.333 e. The summed E-state index contributed by atoms with van der Waals surface area (Å²) in [7, 11) is 0.